The van der Waals surface area contributed by atoms with Crippen molar-refractivity contribution >= 4 is 22.0 Å². The maximum atomic E-state index is 13.0. The van der Waals surface area contributed by atoms with Crippen LogP contribution in [-0.4, -0.2) is 31.9 Å². The number of fused-ring (bicyclic) bond motifs is 3. The fourth-order valence-corrected chi connectivity index (χ4v) is 4.36. The highest BCUT2D eigenvalue weighted by atomic mass is 16.5. The molecule has 0 saturated carbocycles. The van der Waals surface area contributed by atoms with Gasteiger partial charge in [0.05, 0.1) is 36.5 Å². The second-order valence-corrected chi connectivity index (χ2v) is 7.86. The van der Waals surface area contributed by atoms with E-state index in [9.17, 15) is 9.90 Å². The van der Waals surface area contributed by atoms with Crippen molar-refractivity contribution in [2.24, 2.45) is 0 Å². The Kier molecular flexibility index (Phi) is 4.98. The summed E-state index contributed by atoms with van der Waals surface area (Å²) in [5.41, 5.74) is 4.85. The highest BCUT2D eigenvalue weighted by molar-refractivity contribution is 6.05. The van der Waals surface area contributed by atoms with E-state index in [0.29, 0.717) is 27.9 Å². The van der Waals surface area contributed by atoms with Crippen molar-refractivity contribution in [1.82, 2.24) is 19.7 Å². The van der Waals surface area contributed by atoms with Gasteiger partial charge in [-0.15, -0.1) is 0 Å². The Balaban J connectivity index is 1.88. The molecule has 1 N–H and O–H groups in total. The molecular weight excluding hydrogens is 424 g/mol. The first kappa shape index (κ1) is 20.9. The van der Waals surface area contributed by atoms with E-state index in [4.69, 9.17) is 13.7 Å². The van der Waals surface area contributed by atoms with Crippen molar-refractivity contribution in [1.29, 1.82) is 0 Å². The van der Waals surface area contributed by atoms with Gasteiger partial charge in [0.1, 0.15) is 22.7 Å². The summed E-state index contributed by atoms with van der Waals surface area (Å²) in [6.45, 7) is 5.22. The van der Waals surface area contributed by atoms with Gasteiger partial charge in [-0.1, -0.05) is 5.16 Å². The standard InChI is InChI=1S/C24H22N4O5/c1-12-21(14(3)33-27-12)17-9-18-16(10-20(17)31-4)22-23(19(11-29)26-18)32-24(30)28(22)13(2)15-5-7-25-8-6-15/h5-10,13,29H,11H2,1-4H3/t13-/m1/s1. The van der Waals surface area contributed by atoms with E-state index in [2.05, 4.69) is 15.1 Å². The molecule has 0 fully saturated rings. The lowest BCUT2D eigenvalue weighted by atomic mass is 10.00. The van der Waals surface area contributed by atoms with E-state index in [1.54, 1.807) is 24.1 Å². The highest BCUT2D eigenvalue weighted by Crippen LogP contribution is 2.40. The van der Waals surface area contributed by atoms with Gasteiger partial charge in [0.25, 0.3) is 0 Å². The number of aromatic nitrogens is 4. The van der Waals surface area contributed by atoms with Gasteiger partial charge in [0.2, 0.25) is 0 Å². The fraction of sp³-hybridized carbons (Fsp3) is 0.250. The van der Waals surface area contributed by atoms with Crippen molar-refractivity contribution in [3.8, 4) is 16.9 Å². The first-order valence-electron chi connectivity index (χ1n) is 10.4. The molecule has 5 rings (SSSR count). The molecular formula is C24H22N4O5. The number of aryl methyl sites for hydroxylation is 2. The van der Waals surface area contributed by atoms with Gasteiger partial charge in [0, 0.05) is 23.3 Å². The second kappa shape index (κ2) is 7.86. The predicted octanol–water partition coefficient (Wildman–Crippen LogP) is 3.92. The molecule has 0 bridgehead atoms. The van der Waals surface area contributed by atoms with Gasteiger partial charge in [-0.05, 0) is 50.6 Å². The van der Waals surface area contributed by atoms with Gasteiger partial charge in [-0.2, -0.15) is 0 Å². The summed E-state index contributed by atoms with van der Waals surface area (Å²) in [5.74, 6) is 0.695. The molecule has 0 amide bonds. The minimum atomic E-state index is -0.535. The number of ether oxygens (including phenoxy) is 1. The highest BCUT2D eigenvalue weighted by Gasteiger charge is 2.24. The first-order chi connectivity index (χ1) is 15.9. The van der Waals surface area contributed by atoms with Gasteiger partial charge >= 0.3 is 5.76 Å². The maximum absolute atomic E-state index is 13.0. The second-order valence-electron chi connectivity index (χ2n) is 7.86. The SMILES string of the molecule is COc1cc2c(cc1-c1c(C)noc1C)nc(CO)c1oc(=O)n([C@H](C)c3ccncc3)c12. The van der Waals surface area contributed by atoms with Crippen LogP contribution in [0, 0.1) is 13.8 Å². The molecule has 0 aliphatic rings. The number of rotatable bonds is 5. The number of oxazole rings is 1. The summed E-state index contributed by atoms with van der Waals surface area (Å²) < 4.78 is 18.2. The minimum absolute atomic E-state index is 0.253. The van der Waals surface area contributed by atoms with E-state index in [1.807, 2.05) is 45.0 Å². The summed E-state index contributed by atoms with van der Waals surface area (Å²) in [7, 11) is 1.58. The number of hydrogen-bond acceptors (Lipinski definition) is 8. The molecule has 5 aromatic rings. The first-order valence-corrected chi connectivity index (χ1v) is 10.4. The molecule has 0 aliphatic carbocycles. The maximum Gasteiger partial charge on any atom is 0.420 e. The van der Waals surface area contributed by atoms with Gasteiger partial charge in [-0.25, -0.2) is 9.78 Å². The number of hydrogen-bond donors (Lipinski definition) is 1. The Morgan fingerprint density at radius 3 is 2.61 bits per heavy atom. The van der Waals surface area contributed by atoms with Crippen LogP contribution in [0.2, 0.25) is 0 Å². The molecule has 4 aromatic heterocycles. The lowest BCUT2D eigenvalue weighted by Gasteiger charge is -2.16. The topological polar surface area (TPSA) is 116 Å². The number of benzene rings is 1. The molecule has 168 valence electrons. The van der Waals surface area contributed by atoms with E-state index < -0.39 is 5.76 Å². The van der Waals surface area contributed by atoms with Crippen molar-refractivity contribution in [3.05, 3.63) is 69.9 Å². The molecule has 9 nitrogen and oxygen atoms in total. The zero-order valence-corrected chi connectivity index (χ0v) is 18.6. The predicted molar refractivity (Wildman–Crippen MR) is 121 cm³/mol. The van der Waals surface area contributed by atoms with Crippen molar-refractivity contribution in [2.75, 3.05) is 7.11 Å². The monoisotopic (exact) mass is 446 g/mol. The largest absolute Gasteiger partial charge is 0.496 e. The van der Waals surface area contributed by atoms with Crippen LogP contribution in [0.15, 0.2) is 50.4 Å². The van der Waals surface area contributed by atoms with Gasteiger partial charge in [0.15, 0.2) is 5.58 Å². The zero-order valence-electron chi connectivity index (χ0n) is 18.6. The summed E-state index contributed by atoms with van der Waals surface area (Å²) in [6.07, 6.45) is 3.35. The molecule has 0 aliphatic heterocycles. The van der Waals surface area contributed by atoms with Crippen LogP contribution in [-0.2, 0) is 6.61 Å². The molecule has 0 unspecified atom stereocenters. The Labute approximate surface area is 188 Å². The zero-order chi connectivity index (χ0) is 23.3. The number of aliphatic hydroxyl groups is 1. The lowest BCUT2D eigenvalue weighted by molar-refractivity contribution is 0.277. The Hall–Kier alpha value is -3.98. The van der Waals surface area contributed by atoms with E-state index in [0.717, 1.165) is 22.4 Å². The van der Waals surface area contributed by atoms with Gasteiger partial charge < -0.3 is 18.8 Å². The van der Waals surface area contributed by atoms with Crippen LogP contribution in [0.3, 0.4) is 0 Å². The average molecular weight is 446 g/mol. The lowest BCUT2D eigenvalue weighted by Crippen LogP contribution is -2.19. The molecule has 33 heavy (non-hydrogen) atoms. The van der Waals surface area contributed by atoms with E-state index in [-0.39, 0.29) is 23.9 Å². The summed E-state index contributed by atoms with van der Waals surface area (Å²) in [4.78, 5) is 21.6. The van der Waals surface area contributed by atoms with Crippen molar-refractivity contribution in [3.63, 3.8) is 0 Å². The van der Waals surface area contributed by atoms with Crippen LogP contribution < -0.4 is 10.5 Å². The number of pyridine rings is 2. The molecule has 4 heterocycles. The van der Waals surface area contributed by atoms with Crippen LogP contribution in [0.1, 0.15) is 35.7 Å². The summed E-state index contributed by atoms with van der Waals surface area (Å²) in [5, 5.41) is 14.7. The van der Waals surface area contributed by atoms with Crippen molar-refractivity contribution in [2.45, 2.75) is 33.4 Å². The van der Waals surface area contributed by atoms with E-state index in [1.165, 1.54) is 0 Å². The third kappa shape index (κ3) is 3.20. The van der Waals surface area contributed by atoms with E-state index >= 15 is 0 Å². The van der Waals surface area contributed by atoms with Crippen LogP contribution in [0.25, 0.3) is 33.1 Å². The number of methoxy groups -OCH3 is 1. The van der Waals surface area contributed by atoms with Gasteiger partial charge in [-0.3, -0.25) is 9.55 Å². The molecule has 1 aromatic carbocycles. The Morgan fingerprint density at radius 1 is 1.21 bits per heavy atom. The Bertz CT molecular complexity index is 1530. The number of aliphatic hydroxyl groups excluding tert-OH is 1. The molecule has 0 spiro atoms. The normalized spacial score (nSPS) is 12.5. The minimum Gasteiger partial charge on any atom is -0.496 e. The smallest absolute Gasteiger partial charge is 0.420 e. The number of nitrogens with zero attached hydrogens (tertiary/aromatic N) is 4. The molecule has 0 radical (unpaired) electrons. The molecule has 1 atom stereocenters. The quantitative estimate of drug-likeness (QED) is 0.432. The van der Waals surface area contributed by atoms with Crippen molar-refractivity contribution < 1.29 is 18.8 Å². The molecule has 0 saturated heterocycles. The van der Waals surface area contributed by atoms with Crippen LogP contribution in [0.4, 0.5) is 0 Å². The van der Waals surface area contributed by atoms with Crippen LogP contribution in [0.5, 0.6) is 5.75 Å². The Morgan fingerprint density at radius 2 is 1.97 bits per heavy atom. The van der Waals surface area contributed by atoms with Crippen LogP contribution >= 0.6 is 0 Å². The third-order valence-corrected chi connectivity index (χ3v) is 5.96. The third-order valence-electron chi connectivity index (χ3n) is 5.96. The summed E-state index contributed by atoms with van der Waals surface area (Å²) >= 11 is 0. The summed E-state index contributed by atoms with van der Waals surface area (Å²) in [6, 6.07) is 7.05. The fourth-order valence-electron chi connectivity index (χ4n) is 4.36. The average Bonchev–Trinajstić information content (AvgIpc) is 3.35. The molecule has 9 heteroatoms.